The molecule has 0 atom stereocenters. The zero-order valence-corrected chi connectivity index (χ0v) is 17.0. The van der Waals surface area contributed by atoms with Crippen LogP contribution in [-0.4, -0.2) is 16.8 Å². The molecule has 0 unspecified atom stereocenters. The minimum atomic E-state index is 0.181. The van der Waals surface area contributed by atoms with Crippen LogP contribution in [0.5, 0.6) is 0 Å². The molecule has 0 N–H and O–H groups in total. The van der Waals surface area contributed by atoms with Crippen molar-refractivity contribution >= 4 is 26.8 Å². The van der Waals surface area contributed by atoms with E-state index in [2.05, 4.69) is 38.8 Å². The molecule has 0 radical (unpaired) electrons. The highest BCUT2D eigenvalue weighted by Gasteiger charge is 2.39. The Morgan fingerprint density at radius 3 is 2.56 bits per heavy atom. The Bertz CT molecular complexity index is 786. The zero-order chi connectivity index (χ0) is 18.0. The highest BCUT2D eigenvalue weighted by atomic mass is 79.9. The lowest BCUT2D eigenvalue weighted by molar-refractivity contribution is -0.0328. The van der Waals surface area contributed by atoms with Gasteiger partial charge in [0.1, 0.15) is 0 Å². The Hall–Kier alpha value is -1.31. The maximum Gasteiger partial charge on any atom is 0.0994 e. The monoisotopic (exact) mass is 402 g/mol. The van der Waals surface area contributed by atoms with Crippen LogP contribution in [0.25, 0.3) is 10.9 Å². The second kappa shape index (κ2) is 7.51. The van der Waals surface area contributed by atoms with E-state index in [1.807, 2.05) is 26.8 Å². The van der Waals surface area contributed by atoms with Crippen LogP contribution in [0.1, 0.15) is 69.5 Å². The first-order valence-electron chi connectivity index (χ1n) is 9.47. The third-order valence-electron chi connectivity index (χ3n) is 5.70. The van der Waals surface area contributed by atoms with E-state index in [4.69, 9.17) is 4.74 Å². The van der Waals surface area contributed by atoms with Gasteiger partial charge in [-0.25, -0.2) is 0 Å². The van der Waals surface area contributed by atoms with Crippen molar-refractivity contribution in [3.8, 4) is 6.07 Å². The van der Waals surface area contributed by atoms with Crippen molar-refractivity contribution in [3.63, 3.8) is 0 Å². The van der Waals surface area contributed by atoms with Crippen molar-refractivity contribution in [3.05, 3.63) is 33.9 Å². The molecule has 134 valence electrons. The van der Waals surface area contributed by atoms with Gasteiger partial charge in [-0.05, 0) is 79.1 Å². The van der Waals surface area contributed by atoms with E-state index in [0.717, 1.165) is 27.6 Å². The van der Waals surface area contributed by atoms with Gasteiger partial charge in [0.25, 0.3) is 0 Å². The maximum absolute atomic E-state index is 9.26. The Morgan fingerprint density at radius 2 is 1.96 bits per heavy atom. The summed E-state index contributed by atoms with van der Waals surface area (Å²) in [7, 11) is 0. The van der Waals surface area contributed by atoms with E-state index in [1.165, 1.54) is 44.0 Å². The van der Waals surface area contributed by atoms with Crippen LogP contribution >= 0.6 is 15.9 Å². The topological polar surface area (TPSA) is 38.0 Å². The molecule has 25 heavy (non-hydrogen) atoms. The molecule has 0 amide bonds. The zero-order valence-electron chi connectivity index (χ0n) is 15.4. The van der Waals surface area contributed by atoms with Gasteiger partial charge in [-0.2, -0.15) is 5.26 Å². The van der Waals surface area contributed by atoms with Gasteiger partial charge >= 0.3 is 0 Å². The summed E-state index contributed by atoms with van der Waals surface area (Å²) in [5.74, 6) is 0. The lowest BCUT2D eigenvalue weighted by Crippen LogP contribution is -2.33. The van der Waals surface area contributed by atoms with Crippen LogP contribution in [0, 0.1) is 18.3 Å². The van der Waals surface area contributed by atoms with E-state index in [1.54, 1.807) is 0 Å². The van der Waals surface area contributed by atoms with Crippen molar-refractivity contribution in [1.29, 1.82) is 5.26 Å². The molecule has 4 rings (SSSR count). The Morgan fingerprint density at radius 1 is 1.24 bits per heavy atom. The first kappa shape index (κ1) is 18.5. The number of fused-ring (bicyclic) bond motifs is 1. The molecule has 0 bridgehead atoms. The number of ether oxygens (including phenoxy) is 1. The van der Waals surface area contributed by atoms with E-state index in [9.17, 15) is 5.26 Å². The highest BCUT2D eigenvalue weighted by Crippen LogP contribution is 2.44. The summed E-state index contributed by atoms with van der Waals surface area (Å²) in [4.78, 5) is 0. The lowest BCUT2D eigenvalue weighted by Gasteiger charge is -2.37. The van der Waals surface area contributed by atoms with Gasteiger partial charge in [0.15, 0.2) is 0 Å². The van der Waals surface area contributed by atoms with E-state index in [-0.39, 0.29) is 5.60 Å². The number of benzene rings is 1. The molecular formula is C21H27BrN2O. The largest absolute Gasteiger partial charge is 0.375 e. The van der Waals surface area contributed by atoms with Gasteiger partial charge in [0, 0.05) is 34.2 Å². The molecule has 2 aromatic rings. The molecule has 1 aromatic carbocycles. The average Bonchev–Trinajstić information content (AvgIpc) is 3.22. The van der Waals surface area contributed by atoms with Crippen LogP contribution in [0.2, 0.25) is 0 Å². The first-order valence-corrected chi connectivity index (χ1v) is 10.3. The molecule has 3 nitrogen and oxygen atoms in total. The van der Waals surface area contributed by atoms with Crippen LogP contribution in [0.15, 0.2) is 22.8 Å². The van der Waals surface area contributed by atoms with Crippen LogP contribution in [0.4, 0.5) is 0 Å². The normalized spacial score (nSPS) is 25.6. The summed E-state index contributed by atoms with van der Waals surface area (Å²) in [6.45, 7) is 6.96. The third kappa shape index (κ3) is 3.37. The van der Waals surface area contributed by atoms with Crippen molar-refractivity contribution in [2.75, 3.05) is 6.61 Å². The minimum Gasteiger partial charge on any atom is -0.375 e. The number of hydrogen-bond acceptors (Lipinski definition) is 2. The summed E-state index contributed by atoms with van der Waals surface area (Å²) in [6.07, 6.45) is 9.35. The molecule has 2 aliphatic rings. The fourth-order valence-electron chi connectivity index (χ4n) is 4.34. The van der Waals surface area contributed by atoms with Crippen LogP contribution < -0.4 is 0 Å². The third-order valence-corrected chi connectivity index (χ3v) is 6.33. The van der Waals surface area contributed by atoms with Gasteiger partial charge in [-0.1, -0.05) is 13.8 Å². The van der Waals surface area contributed by atoms with Crippen molar-refractivity contribution in [2.45, 2.75) is 70.9 Å². The quantitative estimate of drug-likeness (QED) is 0.562. The SMILES string of the molecule is CC.Cc1cc2c(cc1C#N)c(Br)cn2C1CCC2(CCCO2)CC1. The van der Waals surface area contributed by atoms with Gasteiger partial charge < -0.3 is 9.30 Å². The summed E-state index contributed by atoms with van der Waals surface area (Å²) >= 11 is 3.68. The predicted molar refractivity (Wildman–Crippen MR) is 106 cm³/mol. The maximum atomic E-state index is 9.26. The molecule has 1 saturated heterocycles. The minimum absolute atomic E-state index is 0.181. The molecule has 1 spiro atoms. The summed E-state index contributed by atoms with van der Waals surface area (Å²) in [6, 6.07) is 6.99. The van der Waals surface area contributed by atoms with Crippen molar-refractivity contribution < 1.29 is 4.74 Å². The van der Waals surface area contributed by atoms with Gasteiger partial charge in [-0.3, -0.25) is 0 Å². The number of hydrogen-bond donors (Lipinski definition) is 0. The number of nitriles is 1. The molecular weight excluding hydrogens is 376 g/mol. The number of halogens is 1. The number of rotatable bonds is 1. The second-order valence-electron chi connectivity index (χ2n) is 7.05. The highest BCUT2D eigenvalue weighted by molar-refractivity contribution is 9.10. The molecule has 2 fully saturated rings. The molecule has 2 heterocycles. The van der Waals surface area contributed by atoms with E-state index >= 15 is 0 Å². The van der Waals surface area contributed by atoms with Crippen molar-refractivity contribution in [2.24, 2.45) is 0 Å². The predicted octanol–water partition coefficient (Wildman–Crippen LogP) is 6.27. The Labute approximate surface area is 159 Å². The van der Waals surface area contributed by atoms with Crippen LogP contribution in [-0.2, 0) is 4.74 Å². The second-order valence-corrected chi connectivity index (χ2v) is 7.90. The molecule has 1 aromatic heterocycles. The molecule has 1 aliphatic carbocycles. The summed E-state index contributed by atoms with van der Waals surface area (Å²) in [5.41, 5.74) is 3.23. The van der Waals surface area contributed by atoms with Gasteiger partial charge in [0.2, 0.25) is 0 Å². The summed E-state index contributed by atoms with van der Waals surface area (Å²) < 4.78 is 9.55. The molecule has 1 saturated carbocycles. The smallest absolute Gasteiger partial charge is 0.0994 e. The fourth-order valence-corrected chi connectivity index (χ4v) is 4.88. The average molecular weight is 403 g/mol. The van der Waals surface area contributed by atoms with Crippen LogP contribution in [0.3, 0.4) is 0 Å². The van der Waals surface area contributed by atoms with Gasteiger partial charge in [-0.15, -0.1) is 0 Å². The Kier molecular flexibility index (Phi) is 5.55. The Balaban J connectivity index is 0.000000880. The lowest BCUT2D eigenvalue weighted by atomic mass is 9.80. The van der Waals surface area contributed by atoms with Crippen molar-refractivity contribution in [1.82, 2.24) is 4.57 Å². The fraction of sp³-hybridized carbons (Fsp3) is 0.571. The van der Waals surface area contributed by atoms with E-state index in [0.29, 0.717) is 6.04 Å². The van der Waals surface area contributed by atoms with E-state index < -0.39 is 0 Å². The van der Waals surface area contributed by atoms with Gasteiger partial charge in [0.05, 0.1) is 17.2 Å². The molecule has 1 aliphatic heterocycles. The summed E-state index contributed by atoms with van der Waals surface area (Å²) in [5, 5.41) is 10.4. The number of aromatic nitrogens is 1. The number of aryl methyl sites for hydroxylation is 1. The first-order chi connectivity index (χ1) is 12.1. The standard InChI is InChI=1S/C19H21BrN2O.C2H6/c1-13-9-18-16(10-14(13)11-21)17(20)12-22(18)15-3-6-19(7-4-15)5-2-8-23-19;1-2/h9-10,12,15H,2-8H2,1H3;1-2H3. The number of nitrogens with zero attached hydrogens (tertiary/aromatic N) is 2. The molecule has 4 heteroatoms.